The highest BCUT2D eigenvalue weighted by Crippen LogP contribution is 2.22. The predicted molar refractivity (Wildman–Crippen MR) is 80.0 cm³/mol. The van der Waals surface area contributed by atoms with Crippen LogP contribution in [0.4, 0.5) is 4.39 Å². The smallest absolute Gasteiger partial charge is 0.209 e. The van der Waals surface area contributed by atoms with Gasteiger partial charge in [-0.25, -0.2) is 9.07 Å². The van der Waals surface area contributed by atoms with Crippen molar-refractivity contribution in [3.05, 3.63) is 30.1 Å². The van der Waals surface area contributed by atoms with E-state index in [0.717, 1.165) is 17.3 Å². The van der Waals surface area contributed by atoms with Crippen molar-refractivity contribution in [2.45, 2.75) is 37.9 Å². The summed E-state index contributed by atoms with van der Waals surface area (Å²) in [4.78, 5) is 0. The van der Waals surface area contributed by atoms with Gasteiger partial charge in [0.25, 0.3) is 0 Å². The minimum Gasteiger partial charge on any atom is -0.494 e. The molecule has 2 aromatic rings. The maximum atomic E-state index is 12.7. The Morgan fingerprint density at radius 3 is 2.62 bits per heavy atom. The number of hydrogen-bond acceptors (Lipinski definition) is 5. The third-order valence-corrected chi connectivity index (χ3v) is 3.68. The molecule has 114 valence electrons. The summed E-state index contributed by atoms with van der Waals surface area (Å²) < 4.78 is 20.1. The fourth-order valence-corrected chi connectivity index (χ4v) is 2.60. The van der Waals surface area contributed by atoms with Crippen LogP contribution < -0.4 is 4.74 Å². The molecule has 0 aliphatic heterocycles. The van der Waals surface area contributed by atoms with Crippen molar-refractivity contribution in [2.75, 3.05) is 12.4 Å². The minimum absolute atomic E-state index is 0.129. The molecule has 0 saturated heterocycles. The first-order chi connectivity index (χ1) is 9.97. The van der Waals surface area contributed by atoms with Gasteiger partial charge in [0, 0.05) is 5.75 Å². The van der Waals surface area contributed by atoms with Crippen LogP contribution in [0.1, 0.15) is 27.2 Å². The molecular weight excluding hydrogens is 291 g/mol. The van der Waals surface area contributed by atoms with Crippen molar-refractivity contribution >= 4 is 11.8 Å². The number of benzene rings is 1. The highest BCUT2D eigenvalue weighted by atomic mass is 32.2. The SMILES string of the molecule is CC(C)(C)n1nnnc1SCCCOc1ccc(F)cc1. The number of ether oxygens (including phenoxy) is 1. The van der Waals surface area contributed by atoms with Gasteiger partial charge in [-0.1, -0.05) is 11.8 Å². The number of hydrogen-bond donors (Lipinski definition) is 0. The van der Waals surface area contributed by atoms with Gasteiger partial charge in [-0.05, 0) is 61.9 Å². The van der Waals surface area contributed by atoms with E-state index >= 15 is 0 Å². The lowest BCUT2D eigenvalue weighted by Crippen LogP contribution is -2.24. The van der Waals surface area contributed by atoms with E-state index in [4.69, 9.17) is 4.74 Å². The highest BCUT2D eigenvalue weighted by molar-refractivity contribution is 7.99. The molecule has 0 unspecified atom stereocenters. The minimum atomic E-state index is -0.257. The van der Waals surface area contributed by atoms with Crippen molar-refractivity contribution in [3.8, 4) is 5.75 Å². The number of rotatable bonds is 6. The van der Waals surface area contributed by atoms with Crippen LogP contribution in [0, 0.1) is 5.82 Å². The van der Waals surface area contributed by atoms with Crippen LogP contribution in [0.3, 0.4) is 0 Å². The van der Waals surface area contributed by atoms with Crippen LogP contribution >= 0.6 is 11.8 Å². The van der Waals surface area contributed by atoms with Crippen molar-refractivity contribution in [3.63, 3.8) is 0 Å². The van der Waals surface area contributed by atoms with Crippen LogP contribution in [-0.4, -0.2) is 32.6 Å². The first-order valence-electron chi connectivity index (χ1n) is 6.77. The largest absolute Gasteiger partial charge is 0.494 e. The summed E-state index contributed by atoms with van der Waals surface area (Å²) in [5.41, 5.74) is -0.129. The summed E-state index contributed by atoms with van der Waals surface area (Å²) in [7, 11) is 0. The number of tetrazole rings is 1. The first-order valence-corrected chi connectivity index (χ1v) is 7.75. The third kappa shape index (κ3) is 4.70. The van der Waals surface area contributed by atoms with E-state index in [1.807, 2.05) is 4.68 Å². The van der Waals surface area contributed by atoms with Gasteiger partial charge in [0.2, 0.25) is 5.16 Å². The Kier molecular flexibility index (Phi) is 5.17. The molecule has 0 aliphatic rings. The maximum Gasteiger partial charge on any atom is 0.209 e. The topological polar surface area (TPSA) is 52.8 Å². The second-order valence-electron chi connectivity index (χ2n) is 5.55. The molecule has 1 aromatic carbocycles. The van der Waals surface area contributed by atoms with Crippen LogP contribution in [0.2, 0.25) is 0 Å². The Hall–Kier alpha value is -1.63. The average Bonchev–Trinajstić information content (AvgIpc) is 2.89. The summed E-state index contributed by atoms with van der Waals surface area (Å²) in [6, 6.07) is 6.04. The van der Waals surface area contributed by atoms with E-state index in [9.17, 15) is 4.39 Å². The predicted octanol–water partition coefficient (Wildman–Crippen LogP) is 3.13. The Labute approximate surface area is 127 Å². The fourth-order valence-electron chi connectivity index (χ4n) is 1.63. The van der Waals surface area contributed by atoms with Gasteiger partial charge in [0.1, 0.15) is 11.6 Å². The van der Waals surface area contributed by atoms with E-state index in [0.29, 0.717) is 12.4 Å². The Morgan fingerprint density at radius 2 is 1.95 bits per heavy atom. The molecule has 2 rings (SSSR count). The molecule has 0 N–H and O–H groups in total. The van der Waals surface area contributed by atoms with Crippen molar-refractivity contribution in [2.24, 2.45) is 0 Å². The molecule has 0 aliphatic carbocycles. The lowest BCUT2D eigenvalue weighted by atomic mass is 10.1. The lowest BCUT2D eigenvalue weighted by molar-refractivity contribution is 0.316. The second-order valence-corrected chi connectivity index (χ2v) is 6.61. The van der Waals surface area contributed by atoms with Crippen molar-refractivity contribution in [1.29, 1.82) is 0 Å². The van der Waals surface area contributed by atoms with E-state index in [1.54, 1.807) is 23.9 Å². The number of halogens is 1. The third-order valence-electron chi connectivity index (χ3n) is 2.68. The summed E-state index contributed by atoms with van der Waals surface area (Å²) in [5, 5.41) is 12.6. The van der Waals surface area contributed by atoms with Gasteiger partial charge in [0.05, 0.1) is 12.1 Å². The second kappa shape index (κ2) is 6.89. The monoisotopic (exact) mass is 310 g/mol. The number of nitrogens with zero attached hydrogens (tertiary/aromatic N) is 4. The van der Waals surface area contributed by atoms with Crippen molar-refractivity contribution < 1.29 is 9.13 Å². The zero-order chi connectivity index (χ0) is 15.3. The zero-order valence-corrected chi connectivity index (χ0v) is 13.2. The van der Waals surface area contributed by atoms with Crippen LogP contribution in [0.5, 0.6) is 5.75 Å². The highest BCUT2D eigenvalue weighted by Gasteiger charge is 2.19. The molecule has 7 heteroatoms. The van der Waals surface area contributed by atoms with E-state index in [1.165, 1.54) is 12.1 Å². The molecule has 0 amide bonds. The van der Waals surface area contributed by atoms with E-state index in [-0.39, 0.29) is 11.4 Å². The molecule has 0 fully saturated rings. The molecular formula is C14H19FN4OS. The van der Waals surface area contributed by atoms with E-state index < -0.39 is 0 Å². The van der Waals surface area contributed by atoms with Crippen LogP contribution in [0.15, 0.2) is 29.4 Å². The normalized spacial score (nSPS) is 11.6. The molecule has 5 nitrogen and oxygen atoms in total. The van der Waals surface area contributed by atoms with E-state index in [2.05, 4.69) is 36.3 Å². The number of aromatic nitrogens is 4. The summed E-state index contributed by atoms with van der Waals surface area (Å²) in [5.74, 6) is 1.28. The van der Waals surface area contributed by atoms with Gasteiger partial charge in [-0.3, -0.25) is 0 Å². The molecule has 21 heavy (non-hydrogen) atoms. The zero-order valence-electron chi connectivity index (χ0n) is 12.4. The standard InChI is InChI=1S/C14H19FN4OS/c1-14(2,3)19-13(16-17-18-19)21-10-4-9-20-12-7-5-11(15)6-8-12/h5-8H,4,9-10H2,1-3H3. The molecule has 0 spiro atoms. The molecule has 0 saturated carbocycles. The average molecular weight is 310 g/mol. The van der Waals surface area contributed by atoms with Crippen LogP contribution in [-0.2, 0) is 5.54 Å². The van der Waals surface area contributed by atoms with Crippen LogP contribution in [0.25, 0.3) is 0 Å². The van der Waals surface area contributed by atoms with Gasteiger partial charge in [-0.15, -0.1) is 5.10 Å². The summed E-state index contributed by atoms with van der Waals surface area (Å²) in [6.45, 7) is 6.76. The first kappa shape index (κ1) is 15.8. The quantitative estimate of drug-likeness (QED) is 0.606. The fraction of sp³-hybridized carbons (Fsp3) is 0.500. The molecule has 0 radical (unpaired) electrons. The molecule has 1 aromatic heterocycles. The Bertz CT molecular complexity index is 565. The van der Waals surface area contributed by atoms with Gasteiger partial charge in [-0.2, -0.15) is 0 Å². The molecule has 0 bridgehead atoms. The summed E-state index contributed by atoms with van der Waals surface area (Å²) in [6.07, 6.45) is 0.860. The lowest BCUT2D eigenvalue weighted by Gasteiger charge is -2.19. The Morgan fingerprint density at radius 1 is 1.24 bits per heavy atom. The molecule has 0 atom stereocenters. The van der Waals surface area contributed by atoms with Gasteiger partial charge < -0.3 is 4.74 Å². The molecule has 1 heterocycles. The van der Waals surface area contributed by atoms with Gasteiger partial charge in [0.15, 0.2) is 0 Å². The number of thioether (sulfide) groups is 1. The maximum absolute atomic E-state index is 12.7. The van der Waals surface area contributed by atoms with Gasteiger partial charge >= 0.3 is 0 Å². The summed E-state index contributed by atoms with van der Waals surface area (Å²) >= 11 is 1.61. The Balaban J connectivity index is 1.73. The van der Waals surface area contributed by atoms with Crippen molar-refractivity contribution in [1.82, 2.24) is 20.2 Å².